The fraction of sp³-hybridized carbons (Fsp3) is 0.484. The molecule has 1 fully saturated rings. The summed E-state index contributed by atoms with van der Waals surface area (Å²) < 4.78 is 12.9. The van der Waals surface area contributed by atoms with E-state index in [-0.39, 0.29) is 24.5 Å². The second-order valence-electron chi connectivity index (χ2n) is 10.5. The molecule has 1 aromatic heterocycles. The van der Waals surface area contributed by atoms with Crippen LogP contribution in [0.2, 0.25) is 0 Å². The summed E-state index contributed by atoms with van der Waals surface area (Å²) >= 11 is 1.81. The number of unbranched alkanes of at least 4 members (excludes halogenated alkanes) is 1. The number of benzene rings is 2. The van der Waals surface area contributed by atoms with Gasteiger partial charge < -0.3 is 14.4 Å². The van der Waals surface area contributed by atoms with Gasteiger partial charge in [0.15, 0.2) is 6.73 Å². The van der Waals surface area contributed by atoms with Crippen LogP contribution >= 0.6 is 11.3 Å². The van der Waals surface area contributed by atoms with Gasteiger partial charge in [-0.1, -0.05) is 26.0 Å². The molecule has 7 nitrogen and oxygen atoms in total. The summed E-state index contributed by atoms with van der Waals surface area (Å²) in [6, 6.07) is 14.8. The summed E-state index contributed by atoms with van der Waals surface area (Å²) in [5.41, 5.74) is 3.23. The van der Waals surface area contributed by atoms with Crippen LogP contribution in [0.5, 0.6) is 5.75 Å². The van der Waals surface area contributed by atoms with E-state index in [4.69, 9.17) is 9.47 Å². The third-order valence-corrected chi connectivity index (χ3v) is 8.81. The Morgan fingerprint density at radius 3 is 2.69 bits per heavy atom. The molecule has 2 aliphatic rings. The number of esters is 1. The normalized spacial score (nSPS) is 16.8. The molecule has 1 atom stereocenters. The number of nitrogens with zero attached hydrogens (tertiary/aromatic N) is 3. The van der Waals surface area contributed by atoms with Crippen LogP contribution in [0.25, 0.3) is 10.1 Å². The van der Waals surface area contributed by atoms with E-state index in [2.05, 4.69) is 39.4 Å². The molecule has 8 heteroatoms. The summed E-state index contributed by atoms with van der Waals surface area (Å²) in [6.45, 7) is 9.73. The second-order valence-corrected chi connectivity index (χ2v) is 11.5. The molecule has 5 rings (SSSR count). The van der Waals surface area contributed by atoms with E-state index >= 15 is 0 Å². The molecule has 0 radical (unpaired) electrons. The third-order valence-electron chi connectivity index (χ3n) is 7.93. The molecule has 1 saturated heterocycles. The van der Waals surface area contributed by atoms with E-state index < -0.39 is 0 Å². The Bertz CT molecular complexity index is 1280. The minimum atomic E-state index is -0.272. The first-order chi connectivity index (χ1) is 19.0. The highest BCUT2D eigenvalue weighted by Crippen LogP contribution is 2.32. The van der Waals surface area contributed by atoms with Crippen LogP contribution in [0.15, 0.2) is 47.8 Å². The van der Waals surface area contributed by atoms with Crippen molar-refractivity contribution in [1.82, 2.24) is 4.90 Å². The summed E-state index contributed by atoms with van der Waals surface area (Å²) in [5.74, 6) is 0.275. The zero-order valence-electron chi connectivity index (χ0n) is 23.1. The van der Waals surface area contributed by atoms with Crippen molar-refractivity contribution in [2.45, 2.75) is 46.0 Å². The molecule has 3 heterocycles. The number of fused-ring (bicyclic) bond motifs is 2. The number of piperazine rings is 1. The Morgan fingerprint density at radius 2 is 1.87 bits per heavy atom. The maximum absolute atomic E-state index is 12.6. The van der Waals surface area contributed by atoms with Gasteiger partial charge >= 0.3 is 5.97 Å². The quantitative estimate of drug-likeness (QED) is 0.226. The molecular weight excluding hydrogens is 510 g/mol. The first-order valence-electron chi connectivity index (χ1n) is 14.2. The van der Waals surface area contributed by atoms with Gasteiger partial charge in [0.1, 0.15) is 5.75 Å². The number of carbonyl (C=O) groups is 2. The van der Waals surface area contributed by atoms with Crippen molar-refractivity contribution in [2.75, 3.05) is 55.9 Å². The molecule has 208 valence electrons. The van der Waals surface area contributed by atoms with Crippen molar-refractivity contribution in [2.24, 2.45) is 5.92 Å². The van der Waals surface area contributed by atoms with E-state index in [0.29, 0.717) is 25.9 Å². The Morgan fingerprint density at radius 1 is 1.03 bits per heavy atom. The lowest BCUT2D eigenvalue weighted by Gasteiger charge is -2.36. The van der Waals surface area contributed by atoms with Gasteiger partial charge in [0.25, 0.3) is 0 Å². The maximum atomic E-state index is 12.6. The zero-order valence-corrected chi connectivity index (χ0v) is 23.9. The number of rotatable bonds is 11. The Labute approximate surface area is 235 Å². The van der Waals surface area contributed by atoms with E-state index in [1.165, 1.54) is 15.8 Å². The lowest BCUT2D eigenvalue weighted by atomic mass is 10.0. The predicted octanol–water partition coefficient (Wildman–Crippen LogP) is 5.71. The van der Waals surface area contributed by atoms with E-state index in [1.54, 1.807) is 4.90 Å². The highest BCUT2D eigenvalue weighted by atomic mass is 32.1. The third kappa shape index (κ3) is 6.56. The van der Waals surface area contributed by atoms with Crippen molar-refractivity contribution in [3.05, 3.63) is 53.4 Å². The van der Waals surface area contributed by atoms with Crippen molar-refractivity contribution in [1.29, 1.82) is 0 Å². The fourth-order valence-corrected chi connectivity index (χ4v) is 6.09. The van der Waals surface area contributed by atoms with Gasteiger partial charge in [-0.05, 0) is 67.4 Å². The minimum Gasteiger partial charge on any atom is -0.494 e. The predicted molar refractivity (Wildman–Crippen MR) is 158 cm³/mol. The van der Waals surface area contributed by atoms with Crippen molar-refractivity contribution < 1.29 is 19.1 Å². The Balaban J connectivity index is 1.06. The van der Waals surface area contributed by atoms with Gasteiger partial charge in [-0.15, -0.1) is 11.3 Å². The highest BCUT2D eigenvalue weighted by molar-refractivity contribution is 7.17. The fourth-order valence-electron chi connectivity index (χ4n) is 5.28. The number of hydrogen-bond acceptors (Lipinski definition) is 7. The van der Waals surface area contributed by atoms with Gasteiger partial charge in [0, 0.05) is 54.4 Å². The molecule has 1 unspecified atom stereocenters. The van der Waals surface area contributed by atoms with Gasteiger partial charge in [0.05, 0.1) is 18.2 Å². The zero-order chi connectivity index (χ0) is 27.2. The average molecular weight is 550 g/mol. The van der Waals surface area contributed by atoms with Crippen molar-refractivity contribution in [3.63, 3.8) is 0 Å². The molecule has 2 aliphatic heterocycles. The number of hydrogen-bond donors (Lipinski definition) is 0. The van der Waals surface area contributed by atoms with Crippen LogP contribution in [0.4, 0.5) is 11.4 Å². The smallest absolute Gasteiger partial charge is 0.310 e. The molecule has 2 aromatic carbocycles. The number of thiophene rings is 1. The van der Waals surface area contributed by atoms with Crippen LogP contribution in [-0.4, -0.2) is 62.8 Å². The lowest BCUT2D eigenvalue weighted by Crippen LogP contribution is -2.46. The number of anilines is 2. The van der Waals surface area contributed by atoms with Crippen LogP contribution in [0.1, 0.15) is 45.1 Å². The summed E-state index contributed by atoms with van der Waals surface area (Å²) in [4.78, 5) is 31.4. The largest absolute Gasteiger partial charge is 0.494 e. The monoisotopic (exact) mass is 549 g/mol. The van der Waals surface area contributed by atoms with Gasteiger partial charge in [0.2, 0.25) is 5.91 Å². The van der Waals surface area contributed by atoms with E-state index in [9.17, 15) is 9.59 Å². The highest BCUT2D eigenvalue weighted by Gasteiger charge is 2.26. The molecule has 39 heavy (non-hydrogen) atoms. The average Bonchev–Trinajstić information content (AvgIpc) is 3.45. The van der Waals surface area contributed by atoms with Crippen molar-refractivity contribution >= 4 is 44.7 Å². The molecule has 1 amide bonds. The Hall–Kier alpha value is -3.10. The second kappa shape index (κ2) is 12.8. The lowest BCUT2D eigenvalue weighted by molar-refractivity contribution is -0.148. The number of carbonyl (C=O) groups excluding carboxylic acids is 2. The minimum absolute atomic E-state index is 0.0243. The van der Waals surface area contributed by atoms with Gasteiger partial charge in [-0.3, -0.25) is 19.4 Å². The molecule has 0 N–H and O–H groups in total. The molecule has 0 saturated carbocycles. The molecule has 0 spiro atoms. The van der Waals surface area contributed by atoms with Gasteiger partial charge in [-0.2, -0.15) is 0 Å². The topological polar surface area (TPSA) is 62.3 Å². The summed E-state index contributed by atoms with van der Waals surface area (Å²) in [7, 11) is 0. The standard InChI is InChI=1S/C31H39N3O4S/c1-3-23(2)31(36)38-22-34-28-21-25(11-9-24(28)10-12-30(34)35)37-19-5-4-14-32-15-17-33(18-16-32)27-7-6-8-29-26(27)13-20-39-29/h6-9,11,13,20-21,23H,3-5,10,12,14-19,22H2,1-2H3. The number of aryl methyl sites for hydroxylation is 1. The number of amides is 1. The number of ether oxygens (including phenoxy) is 2. The van der Waals surface area contributed by atoms with Crippen LogP contribution in [0.3, 0.4) is 0 Å². The molecule has 3 aromatic rings. The SMILES string of the molecule is CCC(C)C(=O)OCN1C(=O)CCc2ccc(OCCCCN3CCN(c4cccc5sccc45)CC3)cc21. The van der Waals surface area contributed by atoms with Gasteiger partial charge in [-0.25, -0.2) is 0 Å². The first kappa shape index (κ1) is 27.5. The maximum Gasteiger partial charge on any atom is 0.310 e. The molecular formula is C31H39N3O4S. The van der Waals surface area contributed by atoms with Crippen LogP contribution in [0, 0.1) is 5.92 Å². The first-order valence-corrected chi connectivity index (χ1v) is 15.1. The molecule has 0 bridgehead atoms. The van der Waals surface area contributed by atoms with Crippen LogP contribution in [-0.2, 0) is 20.7 Å². The van der Waals surface area contributed by atoms with Crippen LogP contribution < -0.4 is 14.5 Å². The van der Waals surface area contributed by atoms with E-state index in [0.717, 1.165) is 62.6 Å². The van der Waals surface area contributed by atoms with E-state index in [1.807, 2.05) is 43.4 Å². The summed E-state index contributed by atoms with van der Waals surface area (Å²) in [6.07, 6.45) is 3.89. The summed E-state index contributed by atoms with van der Waals surface area (Å²) in [5, 5.41) is 3.55. The molecule has 0 aliphatic carbocycles. The Kier molecular flexibility index (Phi) is 9.04. The van der Waals surface area contributed by atoms with Crippen molar-refractivity contribution in [3.8, 4) is 5.75 Å².